The molecule has 2 aliphatic carbocycles. The number of hydrogen-bond acceptors (Lipinski definition) is 1. The minimum absolute atomic E-state index is 0.0114. The Morgan fingerprint density at radius 2 is 2.11 bits per heavy atom. The SMILES string of the molecule is [C-]#[N+][C@@H]1[C@H](C(C)C)CC[C@@H](C)[C@@]12C=C(C)C(=O)C2. The molecular weight excluding hydrogens is 222 g/mol. The number of allylic oxidation sites excluding steroid dienone is 1. The van der Waals surface area contributed by atoms with Crippen LogP contribution in [0.15, 0.2) is 11.6 Å². The summed E-state index contributed by atoms with van der Waals surface area (Å²) in [6, 6.07) is -0.0114. The molecule has 2 heteroatoms. The highest BCUT2D eigenvalue weighted by molar-refractivity contribution is 5.98. The van der Waals surface area contributed by atoms with E-state index in [0.29, 0.717) is 24.2 Å². The number of hydrogen-bond donors (Lipinski definition) is 0. The van der Waals surface area contributed by atoms with Crippen LogP contribution in [-0.4, -0.2) is 11.8 Å². The number of ketones is 1. The monoisotopic (exact) mass is 245 g/mol. The quantitative estimate of drug-likeness (QED) is 0.642. The van der Waals surface area contributed by atoms with Crippen LogP contribution in [0.1, 0.15) is 47.0 Å². The van der Waals surface area contributed by atoms with Crippen molar-refractivity contribution in [3.8, 4) is 0 Å². The highest BCUT2D eigenvalue weighted by Crippen LogP contribution is 2.54. The lowest BCUT2D eigenvalue weighted by Crippen LogP contribution is -2.46. The Morgan fingerprint density at radius 1 is 1.44 bits per heavy atom. The van der Waals surface area contributed by atoms with Crippen LogP contribution in [0.25, 0.3) is 4.85 Å². The second-order valence-electron chi connectivity index (χ2n) is 6.50. The van der Waals surface area contributed by atoms with Crippen molar-refractivity contribution in [2.45, 2.75) is 53.0 Å². The van der Waals surface area contributed by atoms with Gasteiger partial charge in [0.15, 0.2) is 5.78 Å². The number of carbonyl (C=O) groups excluding carboxylic acids is 1. The minimum atomic E-state index is -0.171. The molecule has 0 N–H and O–H groups in total. The van der Waals surface area contributed by atoms with Crippen molar-refractivity contribution in [3.63, 3.8) is 0 Å². The van der Waals surface area contributed by atoms with Crippen molar-refractivity contribution in [2.24, 2.45) is 23.2 Å². The van der Waals surface area contributed by atoms with E-state index in [1.807, 2.05) is 6.92 Å². The fraction of sp³-hybridized carbons (Fsp3) is 0.750. The van der Waals surface area contributed by atoms with Gasteiger partial charge in [0, 0.05) is 12.3 Å². The molecule has 2 rings (SSSR count). The molecule has 18 heavy (non-hydrogen) atoms. The first-order chi connectivity index (χ1) is 8.42. The van der Waals surface area contributed by atoms with E-state index >= 15 is 0 Å². The van der Waals surface area contributed by atoms with Gasteiger partial charge in [-0.1, -0.05) is 26.8 Å². The molecule has 0 aromatic rings. The molecule has 98 valence electrons. The topological polar surface area (TPSA) is 21.4 Å². The van der Waals surface area contributed by atoms with Crippen LogP contribution < -0.4 is 0 Å². The molecule has 0 aromatic carbocycles. The Bertz CT molecular complexity index is 429. The Morgan fingerprint density at radius 3 is 2.56 bits per heavy atom. The van der Waals surface area contributed by atoms with Crippen LogP contribution in [0.2, 0.25) is 0 Å². The molecule has 0 amide bonds. The molecule has 1 spiro atoms. The van der Waals surface area contributed by atoms with Crippen LogP contribution in [0.4, 0.5) is 0 Å². The number of nitrogens with zero attached hydrogens (tertiary/aromatic N) is 1. The first-order valence-electron chi connectivity index (χ1n) is 7.01. The van der Waals surface area contributed by atoms with Gasteiger partial charge in [0.2, 0.25) is 6.04 Å². The lowest BCUT2D eigenvalue weighted by molar-refractivity contribution is -0.117. The second kappa shape index (κ2) is 4.53. The van der Waals surface area contributed by atoms with Crippen LogP contribution >= 0.6 is 0 Å². The first-order valence-corrected chi connectivity index (χ1v) is 7.01. The maximum Gasteiger partial charge on any atom is 0.236 e. The van der Waals surface area contributed by atoms with Gasteiger partial charge in [0.1, 0.15) is 0 Å². The first kappa shape index (κ1) is 13.3. The van der Waals surface area contributed by atoms with Gasteiger partial charge in [0.25, 0.3) is 0 Å². The number of rotatable bonds is 1. The lowest BCUT2D eigenvalue weighted by atomic mass is 9.58. The van der Waals surface area contributed by atoms with E-state index in [2.05, 4.69) is 31.7 Å². The predicted octanol–water partition coefficient (Wildman–Crippen LogP) is 3.88. The molecule has 0 unspecified atom stereocenters. The molecule has 0 radical (unpaired) electrons. The molecular formula is C16H23NO. The summed E-state index contributed by atoms with van der Waals surface area (Å²) in [6.45, 7) is 16.2. The van der Waals surface area contributed by atoms with E-state index < -0.39 is 0 Å². The third-order valence-corrected chi connectivity index (χ3v) is 5.19. The molecule has 0 heterocycles. The van der Waals surface area contributed by atoms with Crippen molar-refractivity contribution >= 4 is 5.78 Å². The van der Waals surface area contributed by atoms with Crippen LogP contribution in [0.5, 0.6) is 0 Å². The van der Waals surface area contributed by atoms with Gasteiger partial charge in [-0.25, -0.2) is 6.57 Å². The molecule has 0 aromatic heterocycles. The normalized spacial score (nSPS) is 40.1. The van der Waals surface area contributed by atoms with Gasteiger partial charge in [-0.05, 0) is 37.2 Å². The molecule has 0 aliphatic heterocycles. The van der Waals surface area contributed by atoms with Gasteiger partial charge >= 0.3 is 0 Å². The Balaban J connectivity index is 2.43. The average molecular weight is 245 g/mol. The van der Waals surface area contributed by atoms with Gasteiger partial charge < -0.3 is 4.85 Å². The van der Waals surface area contributed by atoms with Gasteiger partial charge in [-0.15, -0.1) is 0 Å². The largest absolute Gasteiger partial charge is 0.312 e. The maximum atomic E-state index is 12.0. The summed E-state index contributed by atoms with van der Waals surface area (Å²) in [5.41, 5.74) is 0.704. The van der Waals surface area contributed by atoms with E-state index in [-0.39, 0.29) is 17.2 Å². The molecule has 1 fully saturated rings. The predicted molar refractivity (Wildman–Crippen MR) is 72.9 cm³/mol. The van der Waals surface area contributed by atoms with Crippen molar-refractivity contribution < 1.29 is 4.79 Å². The Labute approximate surface area is 110 Å². The average Bonchev–Trinajstić information content (AvgIpc) is 2.59. The zero-order valence-corrected chi connectivity index (χ0v) is 11.9. The van der Waals surface area contributed by atoms with Crippen molar-refractivity contribution in [1.82, 2.24) is 0 Å². The van der Waals surface area contributed by atoms with Crippen LogP contribution in [0, 0.1) is 29.7 Å². The smallest absolute Gasteiger partial charge is 0.236 e. The molecule has 4 atom stereocenters. The highest BCUT2D eigenvalue weighted by atomic mass is 16.1. The zero-order valence-electron chi connectivity index (χ0n) is 11.9. The van der Waals surface area contributed by atoms with Crippen molar-refractivity contribution in [1.29, 1.82) is 0 Å². The summed E-state index contributed by atoms with van der Waals surface area (Å²) in [6.07, 6.45) is 4.98. The molecule has 0 saturated heterocycles. The Hall–Kier alpha value is -1.10. The van der Waals surface area contributed by atoms with Gasteiger partial charge in [-0.3, -0.25) is 4.79 Å². The fourth-order valence-electron chi connectivity index (χ4n) is 3.93. The van der Waals surface area contributed by atoms with Gasteiger partial charge in [-0.2, -0.15) is 0 Å². The van der Waals surface area contributed by atoms with E-state index in [4.69, 9.17) is 6.57 Å². The number of Topliss-reactive ketones (excluding diaryl/α,β-unsaturated/α-hetero) is 1. The Kier molecular flexibility index (Phi) is 3.36. The third-order valence-electron chi connectivity index (χ3n) is 5.19. The zero-order chi connectivity index (χ0) is 13.5. The second-order valence-corrected chi connectivity index (χ2v) is 6.50. The maximum absolute atomic E-state index is 12.0. The summed E-state index contributed by atoms with van der Waals surface area (Å²) >= 11 is 0. The molecule has 1 saturated carbocycles. The van der Waals surface area contributed by atoms with Crippen LogP contribution in [-0.2, 0) is 4.79 Å². The highest BCUT2D eigenvalue weighted by Gasteiger charge is 2.57. The van der Waals surface area contributed by atoms with Crippen molar-refractivity contribution in [2.75, 3.05) is 0 Å². The summed E-state index contributed by atoms with van der Waals surface area (Å²) in [4.78, 5) is 15.9. The molecule has 0 bridgehead atoms. The van der Waals surface area contributed by atoms with E-state index in [9.17, 15) is 4.79 Å². The summed E-state index contributed by atoms with van der Waals surface area (Å²) in [5, 5.41) is 0. The standard InChI is InChI=1S/C16H23NO/c1-10(2)13-7-6-12(4)16(15(13)17-5)8-11(3)14(18)9-16/h8,10,12-13,15H,6-7,9H2,1-4H3/t12-,13+,15-,16+/m1/s1. The van der Waals surface area contributed by atoms with Crippen molar-refractivity contribution in [3.05, 3.63) is 23.1 Å². The lowest BCUT2D eigenvalue weighted by Gasteiger charge is -2.43. The van der Waals surface area contributed by atoms with E-state index in [0.717, 1.165) is 18.4 Å². The summed E-state index contributed by atoms with van der Waals surface area (Å²) < 4.78 is 0. The van der Waals surface area contributed by atoms with Crippen LogP contribution in [0.3, 0.4) is 0 Å². The third kappa shape index (κ3) is 1.81. The fourth-order valence-corrected chi connectivity index (χ4v) is 3.93. The minimum Gasteiger partial charge on any atom is -0.312 e. The number of carbonyl (C=O) groups is 1. The summed E-state index contributed by atoms with van der Waals surface area (Å²) in [7, 11) is 0. The molecule has 2 aliphatic rings. The van der Waals surface area contributed by atoms with E-state index in [1.165, 1.54) is 0 Å². The summed E-state index contributed by atoms with van der Waals surface area (Å²) in [5.74, 6) is 1.67. The van der Waals surface area contributed by atoms with Gasteiger partial charge in [0.05, 0.1) is 5.41 Å². The van der Waals surface area contributed by atoms with E-state index in [1.54, 1.807) is 0 Å². The molecule has 2 nitrogen and oxygen atoms in total.